The Morgan fingerprint density at radius 3 is 2.62 bits per heavy atom. The topological polar surface area (TPSA) is 30.7 Å². The molecule has 3 rings (SSSR count). The van der Waals surface area contributed by atoms with E-state index in [0.717, 1.165) is 0 Å². The van der Waals surface area contributed by atoms with Crippen LogP contribution >= 0.6 is 0 Å². The van der Waals surface area contributed by atoms with E-state index in [0.29, 0.717) is 12.0 Å². The first-order chi connectivity index (χ1) is 10.2. The van der Waals surface area contributed by atoms with Gasteiger partial charge < -0.3 is 0 Å². The first-order valence-corrected chi connectivity index (χ1v) is 8.15. The highest BCUT2D eigenvalue weighted by molar-refractivity contribution is 5.28. The standard InChI is InChI=1S/C18H25N3/c1-15(2)18(16-9-5-3-6-10-16)12-8-4-7-11-17(18)21-14-19-13-20-21/h3,5-6,9-10,13-15,17H,4,7-8,11-12H2,1-2H3. The summed E-state index contributed by atoms with van der Waals surface area (Å²) >= 11 is 0. The lowest BCUT2D eigenvalue weighted by molar-refractivity contribution is 0.167. The third-order valence-corrected chi connectivity index (χ3v) is 5.26. The van der Waals surface area contributed by atoms with Crippen LogP contribution in [0.25, 0.3) is 0 Å². The molecule has 1 aromatic heterocycles. The molecule has 0 amide bonds. The van der Waals surface area contributed by atoms with E-state index in [9.17, 15) is 0 Å². The first kappa shape index (κ1) is 14.3. The molecule has 3 nitrogen and oxygen atoms in total. The Morgan fingerprint density at radius 1 is 1.14 bits per heavy atom. The SMILES string of the molecule is CC(C)C1(c2ccccc2)CCCCCC1n1cncn1. The first-order valence-electron chi connectivity index (χ1n) is 8.15. The molecule has 2 aromatic rings. The predicted octanol–water partition coefficient (Wildman–Crippen LogP) is 4.38. The van der Waals surface area contributed by atoms with Gasteiger partial charge in [-0.15, -0.1) is 0 Å². The van der Waals surface area contributed by atoms with Gasteiger partial charge in [-0.25, -0.2) is 9.67 Å². The second kappa shape index (κ2) is 6.00. The summed E-state index contributed by atoms with van der Waals surface area (Å²) in [5, 5.41) is 4.49. The molecule has 21 heavy (non-hydrogen) atoms. The Hall–Kier alpha value is -1.64. The highest BCUT2D eigenvalue weighted by Crippen LogP contribution is 2.49. The zero-order valence-corrected chi connectivity index (χ0v) is 13.1. The van der Waals surface area contributed by atoms with Crippen LogP contribution in [0.4, 0.5) is 0 Å². The Morgan fingerprint density at radius 2 is 1.95 bits per heavy atom. The molecule has 1 heterocycles. The lowest BCUT2D eigenvalue weighted by Crippen LogP contribution is -2.41. The van der Waals surface area contributed by atoms with Gasteiger partial charge in [-0.05, 0) is 24.3 Å². The number of hydrogen-bond donors (Lipinski definition) is 0. The highest BCUT2D eigenvalue weighted by Gasteiger charge is 2.44. The molecule has 0 saturated heterocycles. The van der Waals surface area contributed by atoms with E-state index in [1.54, 1.807) is 6.33 Å². The maximum absolute atomic E-state index is 4.49. The molecule has 1 fully saturated rings. The van der Waals surface area contributed by atoms with Gasteiger partial charge in [0.05, 0.1) is 6.04 Å². The van der Waals surface area contributed by atoms with Crippen molar-refractivity contribution in [3.63, 3.8) is 0 Å². The molecular weight excluding hydrogens is 258 g/mol. The lowest BCUT2D eigenvalue weighted by Gasteiger charge is -2.44. The molecule has 1 aliphatic rings. The monoisotopic (exact) mass is 283 g/mol. The predicted molar refractivity (Wildman–Crippen MR) is 85.1 cm³/mol. The minimum Gasteiger partial charge on any atom is -0.249 e. The van der Waals surface area contributed by atoms with Crippen molar-refractivity contribution in [3.8, 4) is 0 Å². The number of benzene rings is 1. The van der Waals surface area contributed by atoms with Crippen molar-refractivity contribution >= 4 is 0 Å². The highest BCUT2D eigenvalue weighted by atomic mass is 15.3. The molecule has 2 unspecified atom stereocenters. The Balaban J connectivity index is 2.13. The molecule has 0 spiro atoms. The minimum absolute atomic E-state index is 0.158. The maximum Gasteiger partial charge on any atom is 0.137 e. The van der Waals surface area contributed by atoms with E-state index in [1.165, 1.54) is 37.7 Å². The van der Waals surface area contributed by atoms with Gasteiger partial charge >= 0.3 is 0 Å². The van der Waals surface area contributed by atoms with Crippen LogP contribution in [0.1, 0.15) is 57.6 Å². The second-order valence-electron chi connectivity index (χ2n) is 6.55. The lowest BCUT2D eigenvalue weighted by atomic mass is 9.64. The maximum atomic E-state index is 4.49. The van der Waals surface area contributed by atoms with E-state index < -0.39 is 0 Å². The van der Waals surface area contributed by atoms with Crippen molar-refractivity contribution in [2.24, 2.45) is 5.92 Å². The quantitative estimate of drug-likeness (QED) is 0.783. The third-order valence-electron chi connectivity index (χ3n) is 5.26. The van der Waals surface area contributed by atoms with E-state index in [-0.39, 0.29) is 5.41 Å². The minimum atomic E-state index is 0.158. The van der Waals surface area contributed by atoms with Crippen LogP contribution in [0.5, 0.6) is 0 Å². The van der Waals surface area contributed by atoms with Crippen LogP contribution in [0.2, 0.25) is 0 Å². The smallest absolute Gasteiger partial charge is 0.137 e. The summed E-state index contributed by atoms with van der Waals surface area (Å²) in [5.41, 5.74) is 1.62. The Bertz CT molecular complexity index is 547. The Kier molecular flexibility index (Phi) is 4.09. The largest absolute Gasteiger partial charge is 0.249 e. The molecule has 3 heteroatoms. The van der Waals surface area contributed by atoms with Gasteiger partial charge in [-0.1, -0.05) is 63.4 Å². The van der Waals surface area contributed by atoms with E-state index in [4.69, 9.17) is 0 Å². The summed E-state index contributed by atoms with van der Waals surface area (Å²) in [7, 11) is 0. The molecular formula is C18H25N3. The molecule has 112 valence electrons. The van der Waals surface area contributed by atoms with Gasteiger partial charge in [0.15, 0.2) is 0 Å². The molecule has 1 aliphatic carbocycles. The van der Waals surface area contributed by atoms with E-state index in [2.05, 4.69) is 58.9 Å². The van der Waals surface area contributed by atoms with Crippen molar-refractivity contribution in [1.29, 1.82) is 0 Å². The van der Waals surface area contributed by atoms with Crippen molar-refractivity contribution in [3.05, 3.63) is 48.5 Å². The summed E-state index contributed by atoms with van der Waals surface area (Å²) < 4.78 is 2.11. The molecule has 1 saturated carbocycles. The van der Waals surface area contributed by atoms with Crippen LogP contribution in [0.3, 0.4) is 0 Å². The van der Waals surface area contributed by atoms with Crippen molar-refractivity contribution < 1.29 is 0 Å². The molecule has 2 atom stereocenters. The fraction of sp³-hybridized carbons (Fsp3) is 0.556. The molecule has 0 N–H and O–H groups in total. The fourth-order valence-electron chi connectivity index (χ4n) is 4.19. The fourth-order valence-corrected chi connectivity index (χ4v) is 4.19. The van der Waals surface area contributed by atoms with Crippen LogP contribution in [-0.4, -0.2) is 14.8 Å². The number of aromatic nitrogens is 3. The van der Waals surface area contributed by atoms with Crippen LogP contribution in [0.15, 0.2) is 43.0 Å². The normalized spacial score (nSPS) is 26.7. The van der Waals surface area contributed by atoms with Gasteiger partial charge in [0.2, 0.25) is 0 Å². The Labute approximate surface area is 127 Å². The van der Waals surface area contributed by atoms with Crippen molar-refractivity contribution in [2.75, 3.05) is 0 Å². The summed E-state index contributed by atoms with van der Waals surface area (Å²) in [6, 6.07) is 11.5. The van der Waals surface area contributed by atoms with Crippen LogP contribution in [-0.2, 0) is 5.41 Å². The zero-order valence-electron chi connectivity index (χ0n) is 13.1. The van der Waals surface area contributed by atoms with Gasteiger partial charge in [0.25, 0.3) is 0 Å². The van der Waals surface area contributed by atoms with Gasteiger partial charge in [-0.2, -0.15) is 5.10 Å². The third kappa shape index (κ3) is 2.50. The second-order valence-corrected chi connectivity index (χ2v) is 6.55. The van der Waals surface area contributed by atoms with Gasteiger partial charge in [0.1, 0.15) is 12.7 Å². The molecule has 0 aliphatic heterocycles. The van der Waals surface area contributed by atoms with Crippen LogP contribution in [0, 0.1) is 5.92 Å². The zero-order chi connectivity index (χ0) is 14.7. The van der Waals surface area contributed by atoms with Gasteiger partial charge in [0, 0.05) is 5.41 Å². The summed E-state index contributed by atoms with van der Waals surface area (Å²) in [4.78, 5) is 4.20. The van der Waals surface area contributed by atoms with E-state index >= 15 is 0 Å². The summed E-state index contributed by atoms with van der Waals surface area (Å²) in [6.45, 7) is 4.73. The van der Waals surface area contributed by atoms with E-state index in [1.807, 2.05) is 6.33 Å². The van der Waals surface area contributed by atoms with Gasteiger partial charge in [-0.3, -0.25) is 0 Å². The summed E-state index contributed by atoms with van der Waals surface area (Å²) in [5.74, 6) is 0.576. The average Bonchev–Trinajstić information content (AvgIpc) is 2.93. The number of hydrogen-bond acceptors (Lipinski definition) is 2. The average molecular weight is 283 g/mol. The summed E-state index contributed by atoms with van der Waals surface area (Å²) in [6.07, 6.45) is 9.91. The molecule has 0 bridgehead atoms. The number of rotatable bonds is 3. The molecule has 1 aromatic carbocycles. The van der Waals surface area contributed by atoms with Crippen LogP contribution < -0.4 is 0 Å². The molecule has 0 radical (unpaired) electrons. The van der Waals surface area contributed by atoms with Crippen molar-refractivity contribution in [2.45, 2.75) is 57.4 Å². The number of nitrogens with zero attached hydrogens (tertiary/aromatic N) is 3. The van der Waals surface area contributed by atoms with Crippen molar-refractivity contribution in [1.82, 2.24) is 14.8 Å².